The zero-order valence-corrected chi connectivity index (χ0v) is 8.20. The smallest absolute Gasteiger partial charge is 0.198 e. The first-order valence-electron chi connectivity index (χ1n) is 4.34. The number of allylic oxidation sites excluding steroid dienone is 2. The van der Waals surface area contributed by atoms with E-state index in [1.807, 2.05) is 6.08 Å². The summed E-state index contributed by atoms with van der Waals surface area (Å²) in [7, 11) is 1.61. The second-order valence-corrected chi connectivity index (χ2v) is 3.04. The van der Waals surface area contributed by atoms with Gasteiger partial charge in [0, 0.05) is 7.05 Å². The maximum absolute atomic E-state index is 7.13. The molecule has 5 heteroatoms. The fourth-order valence-corrected chi connectivity index (χ4v) is 1.03. The molecule has 0 aromatic rings. The molecule has 0 fully saturated rings. The molecule has 14 heavy (non-hydrogen) atoms. The molecule has 0 saturated heterocycles. The van der Waals surface area contributed by atoms with Gasteiger partial charge in [-0.3, -0.25) is 10.3 Å². The molecule has 0 atom stereocenters. The lowest BCUT2D eigenvalue weighted by Crippen LogP contribution is -2.42. The second kappa shape index (κ2) is 4.45. The molecule has 0 bridgehead atoms. The zero-order valence-electron chi connectivity index (χ0n) is 8.20. The molecule has 0 aromatic carbocycles. The average molecular weight is 193 g/mol. The quantitative estimate of drug-likeness (QED) is 0.426. The topological polar surface area (TPSA) is 91.5 Å². The number of nitrogens with one attached hydrogen (secondary N) is 1. The minimum atomic E-state index is -0.109. The summed E-state index contributed by atoms with van der Waals surface area (Å²) in [6.07, 6.45) is 7.14. The van der Waals surface area contributed by atoms with Crippen molar-refractivity contribution in [3.8, 4) is 0 Å². The standard InChI is InChI=1S/C9H15N5/c1-14(8(10)11)9(12)13-6-7-4-2-3-5-7/h2,4-5H,3,6H2,1H3,(H3,10,11)(H2,12,13). The molecule has 1 aliphatic rings. The van der Waals surface area contributed by atoms with Gasteiger partial charge in [0.1, 0.15) is 0 Å². The van der Waals surface area contributed by atoms with Crippen LogP contribution < -0.4 is 11.5 Å². The number of aliphatic imine (C=N–C) groups is 1. The van der Waals surface area contributed by atoms with Gasteiger partial charge >= 0.3 is 0 Å². The number of hydrogen-bond acceptors (Lipinski definition) is 2. The fourth-order valence-electron chi connectivity index (χ4n) is 1.03. The largest absolute Gasteiger partial charge is 0.370 e. The van der Waals surface area contributed by atoms with Crippen LogP contribution in [0.15, 0.2) is 28.8 Å². The molecule has 0 amide bonds. The number of nitrogens with zero attached hydrogens (tertiary/aromatic N) is 2. The number of nitrogens with two attached hydrogens (primary N) is 2. The molecule has 1 rings (SSSR count). The first-order valence-corrected chi connectivity index (χ1v) is 4.34. The van der Waals surface area contributed by atoms with Gasteiger partial charge < -0.3 is 11.5 Å². The maximum atomic E-state index is 7.13. The van der Waals surface area contributed by atoms with Crippen molar-refractivity contribution in [2.45, 2.75) is 6.42 Å². The summed E-state index contributed by atoms with van der Waals surface area (Å²) < 4.78 is 0. The van der Waals surface area contributed by atoms with E-state index >= 15 is 0 Å². The molecule has 0 unspecified atom stereocenters. The summed E-state index contributed by atoms with van der Waals surface area (Å²) in [5, 5.41) is 7.13. The van der Waals surface area contributed by atoms with Crippen molar-refractivity contribution in [1.82, 2.24) is 4.90 Å². The normalized spacial score (nSPS) is 15.5. The van der Waals surface area contributed by atoms with Gasteiger partial charge in [0.05, 0.1) is 6.54 Å². The summed E-state index contributed by atoms with van der Waals surface area (Å²) in [4.78, 5) is 5.44. The Kier molecular flexibility index (Phi) is 3.28. The molecular weight excluding hydrogens is 178 g/mol. The van der Waals surface area contributed by atoms with E-state index in [2.05, 4.69) is 17.1 Å². The Morgan fingerprint density at radius 2 is 2.36 bits per heavy atom. The summed E-state index contributed by atoms with van der Waals surface area (Å²) in [5.74, 6) is 0.154. The van der Waals surface area contributed by atoms with Gasteiger partial charge in [-0.25, -0.2) is 4.99 Å². The van der Waals surface area contributed by atoms with Crippen molar-refractivity contribution in [2.75, 3.05) is 13.6 Å². The first-order chi connectivity index (χ1) is 6.61. The highest BCUT2D eigenvalue weighted by Crippen LogP contribution is 2.08. The predicted octanol–water partition coefficient (Wildman–Crippen LogP) is 0.0127. The highest BCUT2D eigenvalue weighted by Gasteiger charge is 2.04. The first kappa shape index (κ1) is 10.3. The van der Waals surface area contributed by atoms with Gasteiger partial charge in [-0.1, -0.05) is 18.2 Å². The van der Waals surface area contributed by atoms with Crippen LogP contribution in [0.1, 0.15) is 6.42 Å². The van der Waals surface area contributed by atoms with Gasteiger partial charge in [-0.2, -0.15) is 0 Å². The molecule has 76 valence electrons. The Morgan fingerprint density at radius 1 is 1.64 bits per heavy atom. The van der Waals surface area contributed by atoms with Crippen LogP contribution in [0, 0.1) is 5.41 Å². The SMILES string of the molecule is CN(C(=N)N)C(N)=NCC1=CCC=C1. The molecule has 5 N–H and O–H groups in total. The van der Waals surface area contributed by atoms with E-state index in [9.17, 15) is 0 Å². The minimum Gasteiger partial charge on any atom is -0.370 e. The summed E-state index contributed by atoms with van der Waals surface area (Å²) >= 11 is 0. The summed E-state index contributed by atoms with van der Waals surface area (Å²) in [6.45, 7) is 0.542. The van der Waals surface area contributed by atoms with E-state index in [0.717, 1.165) is 12.0 Å². The molecular formula is C9H15N5. The van der Waals surface area contributed by atoms with Crippen LogP contribution in [0.5, 0.6) is 0 Å². The lowest BCUT2D eigenvalue weighted by molar-refractivity contribution is 0.718. The minimum absolute atomic E-state index is 0.109. The van der Waals surface area contributed by atoms with Gasteiger partial charge in [0.15, 0.2) is 11.9 Å². The van der Waals surface area contributed by atoms with Crippen LogP contribution >= 0.6 is 0 Å². The third kappa shape index (κ3) is 2.62. The third-order valence-corrected chi connectivity index (χ3v) is 1.98. The van der Waals surface area contributed by atoms with Crippen LogP contribution in [0.4, 0.5) is 0 Å². The lowest BCUT2D eigenvalue weighted by atomic mass is 10.3. The maximum Gasteiger partial charge on any atom is 0.198 e. The van der Waals surface area contributed by atoms with Gasteiger partial charge in [0.25, 0.3) is 0 Å². The van der Waals surface area contributed by atoms with Crippen LogP contribution in [-0.2, 0) is 0 Å². The van der Waals surface area contributed by atoms with E-state index in [0.29, 0.717) is 6.54 Å². The van der Waals surface area contributed by atoms with Gasteiger partial charge in [-0.15, -0.1) is 0 Å². The van der Waals surface area contributed by atoms with Crippen molar-refractivity contribution in [3.05, 3.63) is 23.8 Å². The van der Waals surface area contributed by atoms with Crippen LogP contribution in [0.2, 0.25) is 0 Å². The molecule has 0 heterocycles. The van der Waals surface area contributed by atoms with Crippen LogP contribution in [-0.4, -0.2) is 30.4 Å². The highest BCUT2D eigenvalue weighted by atomic mass is 15.3. The van der Waals surface area contributed by atoms with Gasteiger partial charge in [0.2, 0.25) is 0 Å². The number of rotatable bonds is 2. The van der Waals surface area contributed by atoms with Crippen LogP contribution in [0.25, 0.3) is 0 Å². The number of guanidine groups is 2. The van der Waals surface area contributed by atoms with Crippen molar-refractivity contribution in [3.63, 3.8) is 0 Å². The molecule has 1 aliphatic carbocycles. The molecule has 0 saturated carbocycles. The van der Waals surface area contributed by atoms with Gasteiger partial charge in [-0.05, 0) is 12.0 Å². The number of hydrogen-bond donors (Lipinski definition) is 3. The Bertz CT molecular complexity index is 313. The lowest BCUT2D eigenvalue weighted by Gasteiger charge is -2.14. The van der Waals surface area contributed by atoms with E-state index < -0.39 is 0 Å². The Morgan fingerprint density at radius 3 is 2.86 bits per heavy atom. The van der Waals surface area contributed by atoms with E-state index in [-0.39, 0.29) is 11.9 Å². The van der Waals surface area contributed by atoms with Crippen molar-refractivity contribution >= 4 is 11.9 Å². The second-order valence-electron chi connectivity index (χ2n) is 3.04. The van der Waals surface area contributed by atoms with E-state index in [1.165, 1.54) is 4.90 Å². The molecule has 0 aromatic heterocycles. The third-order valence-electron chi connectivity index (χ3n) is 1.98. The summed E-state index contributed by atoms with van der Waals surface area (Å²) in [6, 6.07) is 0. The summed E-state index contributed by atoms with van der Waals surface area (Å²) in [5.41, 5.74) is 12.0. The Labute approximate surface area is 83.3 Å². The molecule has 0 aliphatic heterocycles. The Balaban J connectivity index is 2.51. The van der Waals surface area contributed by atoms with Crippen LogP contribution in [0.3, 0.4) is 0 Å². The molecule has 0 radical (unpaired) electrons. The van der Waals surface area contributed by atoms with Crippen molar-refractivity contribution in [1.29, 1.82) is 5.41 Å². The average Bonchev–Trinajstić information content (AvgIpc) is 2.65. The van der Waals surface area contributed by atoms with E-state index in [1.54, 1.807) is 7.05 Å². The predicted molar refractivity (Wildman–Crippen MR) is 58.0 cm³/mol. The van der Waals surface area contributed by atoms with Crippen molar-refractivity contribution < 1.29 is 0 Å². The fraction of sp³-hybridized carbons (Fsp3) is 0.333. The van der Waals surface area contributed by atoms with E-state index in [4.69, 9.17) is 16.9 Å². The monoisotopic (exact) mass is 193 g/mol. The molecule has 5 nitrogen and oxygen atoms in total. The highest BCUT2D eigenvalue weighted by molar-refractivity contribution is 5.95. The zero-order chi connectivity index (χ0) is 10.6. The Hall–Kier alpha value is -1.78. The molecule has 0 spiro atoms. The van der Waals surface area contributed by atoms with Crippen molar-refractivity contribution in [2.24, 2.45) is 16.5 Å².